The van der Waals surface area contributed by atoms with E-state index >= 15 is 0 Å². The van der Waals surface area contributed by atoms with E-state index in [1.807, 2.05) is 0 Å². The number of alkyl halides is 1. The van der Waals surface area contributed by atoms with Crippen molar-refractivity contribution < 1.29 is 13.2 Å². The fourth-order valence-corrected chi connectivity index (χ4v) is 4.13. The van der Waals surface area contributed by atoms with E-state index in [9.17, 15) is 8.42 Å². The standard InChI is InChI=1S/C14H17BrN2O3S/c1-20-10-11(7-8-15)17-21(18,19)14-6-2-5-13-12(14)4-3-9-16-13/h2-6,9,11,17H,7-8,10H2,1H3. The SMILES string of the molecule is COCC(CCBr)NS(=O)(=O)c1cccc2ncccc12. The van der Waals surface area contributed by atoms with Gasteiger partial charge >= 0.3 is 0 Å². The minimum Gasteiger partial charge on any atom is -0.383 e. The summed E-state index contributed by atoms with van der Waals surface area (Å²) in [5, 5.41) is 1.31. The molecular weight excluding hydrogens is 356 g/mol. The van der Waals surface area contributed by atoms with Crippen LogP contribution in [0, 0.1) is 0 Å². The van der Waals surface area contributed by atoms with Crippen molar-refractivity contribution in [2.45, 2.75) is 17.4 Å². The molecule has 7 heteroatoms. The number of fused-ring (bicyclic) bond motifs is 1. The second kappa shape index (κ2) is 7.31. The number of nitrogens with one attached hydrogen (secondary N) is 1. The Morgan fingerprint density at radius 3 is 2.86 bits per heavy atom. The molecular formula is C14H17BrN2O3S. The molecule has 1 atom stereocenters. The van der Waals surface area contributed by atoms with E-state index in [-0.39, 0.29) is 10.9 Å². The van der Waals surface area contributed by atoms with Crippen LogP contribution in [-0.4, -0.2) is 38.5 Å². The van der Waals surface area contributed by atoms with Crippen LogP contribution in [0.15, 0.2) is 41.4 Å². The first-order valence-corrected chi connectivity index (χ1v) is 9.10. The van der Waals surface area contributed by atoms with E-state index in [1.165, 1.54) is 0 Å². The minimum atomic E-state index is -3.62. The molecule has 1 aromatic carbocycles. The second-order valence-electron chi connectivity index (χ2n) is 4.58. The number of aromatic nitrogens is 1. The zero-order chi connectivity index (χ0) is 15.3. The summed E-state index contributed by atoms with van der Waals surface area (Å²) >= 11 is 3.32. The van der Waals surface area contributed by atoms with Crippen LogP contribution in [0.3, 0.4) is 0 Å². The molecule has 2 aromatic rings. The molecule has 21 heavy (non-hydrogen) atoms. The Bertz CT molecular complexity index is 695. The van der Waals surface area contributed by atoms with Crippen LogP contribution < -0.4 is 4.72 Å². The Hall–Kier alpha value is -1.02. The van der Waals surface area contributed by atoms with E-state index in [1.54, 1.807) is 43.6 Å². The monoisotopic (exact) mass is 372 g/mol. The third-order valence-electron chi connectivity index (χ3n) is 3.04. The summed E-state index contributed by atoms with van der Waals surface area (Å²) < 4.78 is 33.0. The highest BCUT2D eigenvalue weighted by atomic mass is 79.9. The van der Waals surface area contributed by atoms with Crippen molar-refractivity contribution in [3.8, 4) is 0 Å². The lowest BCUT2D eigenvalue weighted by Crippen LogP contribution is -2.38. The first-order valence-electron chi connectivity index (χ1n) is 6.49. The zero-order valence-electron chi connectivity index (χ0n) is 11.6. The maximum absolute atomic E-state index is 12.6. The smallest absolute Gasteiger partial charge is 0.241 e. The van der Waals surface area contributed by atoms with E-state index in [2.05, 4.69) is 25.6 Å². The van der Waals surface area contributed by atoms with Crippen LogP contribution in [0.2, 0.25) is 0 Å². The number of rotatable bonds is 7. The number of benzene rings is 1. The number of methoxy groups -OCH3 is 1. The average molecular weight is 373 g/mol. The van der Waals surface area contributed by atoms with Gasteiger partial charge in [0.2, 0.25) is 10.0 Å². The molecule has 0 aliphatic rings. The Morgan fingerprint density at radius 2 is 2.14 bits per heavy atom. The molecule has 2 rings (SSSR count). The van der Waals surface area contributed by atoms with Gasteiger partial charge in [0.15, 0.2) is 0 Å². The molecule has 0 saturated heterocycles. The van der Waals surface area contributed by atoms with Crippen molar-refractivity contribution in [2.75, 3.05) is 19.0 Å². The van der Waals surface area contributed by atoms with Crippen LogP contribution in [0.25, 0.3) is 10.9 Å². The van der Waals surface area contributed by atoms with Gasteiger partial charge in [-0.15, -0.1) is 0 Å². The normalized spacial score (nSPS) is 13.4. The van der Waals surface area contributed by atoms with Gasteiger partial charge in [-0.3, -0.25) is 4.98 Å². The quantitative estimate of drug-likeness (QED) is 0.757. The Labute approximate surface area is 132 Å². The third kappa shape index (κ3) is 4.00. The van der Waals surface area contributed by atoms with E-state index < -0.39 is 10.0 Å². The summed E-state index contributed by atoms with van der Waals surface area (Å²) in [6.07, 6.45) is 2.29. The Balaban J connectivity index is 2.37. The van der Waals surface area contributed by atoms with Gasteiger partial charge in [0.1, 0.15) is 0 Å². The van der Waals surface area contributed by atoms with Crippen molar-refractivity contribution in [3.05, 3.63) is 36.5 Å². The number of nitrogens with zero attached hydrogens (tertiary/aromatic N) is 1. The lowest BCUT2D eigenvalue weighted by atomic mass is 10.2. The third-order valence-corrected chi connectivity index (χ3v) is 5.08. The predicted molar refractivity (Wildman–Crippen MR) is 86.1 cm³/mol. The highest BCUT2D eigenvalue weighted by molar-refractivity contribution is 9.09. The van der Waals surface area contributed by atoms with Gasteiger partial charge in [-0.25, -0.2) is 13.1 Å². The van der Waals surface area contributed by atoms with Gasteiger partial charge in [-0.2, -0.15) is 0 Å². The van der Waals surface area contributed by atoms with Gasteiger partial charge in [0.05, 0.1) is 17.0 Å². The highest BCUT2D eigenvalue weighted by Gasteiger charge is 2.21. The highest BCUT2D eigenvalue weighted by Crippen LogP contribution is 2.21. The van der Waals surface area contributed by atoms with Crippen LogP contribution in [0.4, 0.5) is 0 Å². The summed E-state index contributed by atoms with van der Waals surface area (Å²) in [6, 6.07) is 8.29. The van der Waals surface area contributed by atoms with Gasteiger partial charge in [0.25, 0.3) is 0 Å². The molecule has 0 amide bonds. The van der Waals surface area contributed by atoms with Crippen LogP contribution in [0.5, 0.6) is 0 Å². The summed E-state index contributed by atoms with van der Waals surface area (Å²) in [4.78, 5) is 4.42. The Morgan fingerprint density at radius 1 is 1.33 bits per heavy atom. The molecule has 0 fully saturated rings. The van der Waals surface area contributed by atoms with Crippen LogP contribution >= 0.6 is 15.9 Å². The van der Waals surface area contributed by atoms with Crippen molar-refractivity contribution in [1.82, 2.24) is 9.71 Å². The van der Waals surface area contributed by atoms with Crippen molar-refractivity contribution in [1.29, 1.82) is 0 Å². The molecule has 1 aromatic heterocycles. The average Bonchev–Trinajstić information content (AvgIpc) is 2.47. The molecule has 1 unspecified atom stereocenters. The second-order valence-corrected chi connectivity index (χ2v) is 7.05. The summed E-state index contributed by atoms with van der Waals surface area (Å²) in [5.74, 6) is 0. The number of halogens is 1. The van der Waals surface area contributed by atoms with Gasteiger partial charge in [-0.1, -0.05) is 22.0 Å². The van der Waals surface area contributed by atoms with Crippen LogP contribution in [0.1, 0.15) is 6.42 Å². The van der Waals surface area contributed by atoms with Crippen molar-refractivity contribution >= 4 is 36.9 Å². The Kier molecular flexibility index (Phi) is 5.69. The number of hydrogen-bond donors (Lipinski definition) is 1. The molecule has 1 N–H and O–H groups in total. The van der Waals surface area contributed by atoms with E-state index in [0.717, 1.165) is 0 Å². The number of ether oxygens (including phenoxy) is 1. The summed E-state index contributed by atoms with van der Waals surface area (Å²) in [5.41, 5.74) is 0.657. The molecule has 0 spiro atoms. The maximum Gasteiger partial charge on any atom is 0.241 e. The molecule has 0 aliphatic heterocycles. The molecule has 5 nitrogen and oxygen atoms in total. The topological polar surface area (TPSA) is 68.3 Å². The van der Waals surface area contributed by atoms with E-state index in [0.29, 0.717) is 29.3 Å². The predicted octanol–water partition coefficient (Wildman–Crippen LogP) is 2.31. The van der Waals surface area contributed by atoms with E-state index in [4.69, 9.17) is 4.74 Å². The first kappa shape index (κ1) is 16.4. The molecule has 1 heterocycles. The molecule has 0 radical (unpaired) electrons. The largest absolute Gasteiger partial charge is 0.383 e. The molecule has 0 aliphatic carbocycles. The van der Waals surface area contributed by atoms with Crippen LogP contribution in [-0.2, 0) is 14.8 Å². The lowest BCUT2D eigenvalue weighted by Gasteiger charge is -2.17. The number of pyridine rings is 1. The van der Waals surface area contributed by atoms with Gasteiger partial charge in [-0.05, 0) is 30.7 Å². The fourth-order valence-electron chi connectivity index (χ4n) is 2.10. The first-order chi connectivity index (χ1) is 10.1. The molecule has 0 bridgehead atoms. The van der Waals surface area contributed by atoms with Gasteiger partial charge in [0, 0.05) is 30.1 Å². The number of hydrogen-bond acceptors (Lipinski definition) is 4. The summed E-state index contributed by atoms with van der Waals surface area (Å²) in [7, 11) is -2.07. The fraction of sp³-hybridized carbons (Fsp3) is 0.357. The van der Waals surface area contributed by atoms with Crippen molar-refractivity contribution in [3.63, 3.8) is 0 Å². The summed E-state index contributed by atoms with van der Waals surface area (Å²) in [6.45, 7) is 0.327. The minimum absolute atomic E-state index is 0.240. The molecule has 0 saturated carbocycles. The maximum atomic E-state index is 12.6. The lowest BCUT2D eigenvalue weighted by molar-refractivity contribution is 0.173. The molecule has 114 valence electrons. The zero-order valence-corrected chi connectivity index (χ0v) is 14.0. The van der Waals surface area contributed by atoms with Crippen molar-refractivity contribution in [2.24, 2.45) is 0 Å². The van der Waals surface area contributed by atoms with Gasteiger partial charge < -0.3 is 4.74 Å². The number of sulfonamides is 1.